The minimum Gasteiger partial charge on any atom is -0.354 e. The summed E-state index contributed by atoms with van der Waals surface area (Å²) in [6.45, 7) is 11.0. The number of anilines is 1. The van der Waals surface area contributed by atoms with E-state index in [0.29, 0.717) is 0 Å². The van der Waals surface area contributed by atoms with Gasteiger partial charge < -0.3 is 5.32 Å². The molecule has 14 heavy (non-hydrogen) atoms. The maximum Gasteiger partial charge on any atom is 0.223 e. The zero-order valence-electron chi connectivity index (χ0n) is 9.89. The third-order valence-electron chi connectivity index (χ3n) is 1.52. The molecule has 1 aromatic rings. The minimum atomic E-state index is 0.745. The van der Waals surface area contributed by atoms with Crippen LogP contribution in [-0.2, 0) is 0 Å². The van der Waals surface area contributed by atoms with Crippen LogP contribution < -0.4 is 5.32 Å². The van der Waals surface area contributed by atoms with Crippen LogP contribution in [0.15, 0.2) is 6.07 Å². The quantitative estimate of drug-likeness (QED) is 0.805. The van der Waals surface area contributed by atoms with Gasteiger partial charge in [0, 0.05) is 17.9 Å². The lowest BCUT2D eigenvalue weighted by molar-refractivity contribution is 0.938. The van der Waals surface area contributed by atoms with Gasteiger partial charge in [-0.3, -0.25) is 0 Å². The summed E-state index contributed by atoms with van der Waals surface area (Å²) in [4.78, 5) is 8.50. The van der Waals surface area contributed by atoms with E-state index in [0.717, 1.165) is 30.3 Å². The summed E-state index contributed by atoms with van der Waals surface area (Å²) in [5.74, 6) is 0.745. The van der Waals surface area contributed by atoms with Gasteiger partial charge in [0.25, 0.3) is 0 Å². The van der Waals surface area contributed by atoms with E-state index in [9.17, 15) is 0 Å². The second-order valence-corrected chi connectivity index (χ2v) is 2.90. The van der Waals surface area contributed by atoms with Crippen molar-refractivity contribution in [2.45, 2.75) is 41.0 Å². The number of aryl methyl sites for hydroxylation is 2. The van der Waals surface area contributed by atoms with E-state index in [1.807, 2.05) is 33.8 Å². The predicted molar refractivity (Wildman–Crippen MR) is 61.6 cm³/mol. The van der Waals surface area contributed by atoms with E-state index in [1.165, 1.54) is 0 Å². The highest BCUT2D eigenvalue weighted by Crippen LogP contribution is 2.02. The summed E-state index contributed by atoms with van der Waals surface area (Å²) in [5.41, 5.74) is 2.03. The minimum absolute atomic E-state index is 0.745. The third kappa shape index (κ3) is 4.80. The summed E-state index contributed by atoms with van der Waals surface area (Å²) in [5, 5.41) is 3.15. The van der Waals surface area contributed by atoms with Crippen molar-refractivity contribution in [1.29, 1.82) is 0 Å². The highest BCUT2D eigenvalue weighted by molar-refractivity contribution is 5.27. The molecule has 0 saturated heterocycles. The third-order valence-corrected chi connectivity index (χ3v) is 1.52. The van der Waals surface area contributed by atoms with Crippen molar-refractivity contribution in [3.63, 3.8) is 0 Å². The van der Waals surface area contributed by atoms with Gasteiger partial charge in [-0.25, -0.2) is 9.97 Å². The van der Waals surface area contributed by atoms with Crippen LogP contribution in [0.2, 0.25) is 0 Å². The number of aromatic nitrogens is 2. The van der Waals surface area contributed by atoms with E-state index in [1.54, 1.807) is 0 Å². The molecule has 0 spiro atoms. The van der Waals surface area contributed by atoms with Crippen molar-refractivity contribution < 1.29 is 0 Å². The molecule has 0 radical (unpaired) electrons. The summed E-state index contributed by atoms with van der Waals surface area (Å²) >= 11 is 0. The van der Waals surface area contributed by atoms with Gasteiger partial charge in [-0.2, -0.15) is 0 Å². The van der Waals surface area contributed by atoms with Crippen LogP contribution >= 0.6 is 0 Å². The predicted octanol–water partition coefficient (Wildman–Crippen LogP) is 2.94. The molecule has 0 bridgehead atoms. The van der Waals surface area contributed by atoms with Gasteiger partial charge in [0.1, 0.15) is 0 Å². The van der Waals surface area contributed by atoms with Gasteiger partial charge in [0.05, 0.1) is 0 Å². The Balaban J connectivity index is 0.000000791. The Morgan fingerprint density at radius 2 is 1.64 bits per heavy atom. The molecular weight excluding hydrogens is 174 g/mol. The summed E-state index contributed by atoms with van der Waals surface area (Å²) < 4.78 is 0. The van der Waals surface area contributed by atoms with E-state index in [4.69, 9.17) is 0 Å². The molecule has 0 aliphatic heterocycles. The monoisotopic (exact) mass is 195 g/mol. The van der Waals surface area contributed by atoms with Crippen LogP contribution in [0.1, 0.15) is 38.6 Å². The molecule has 0 atom stereocenters. The van der Waals surface area contributed by atoms with Gasteiger partial charge in [-0.05, 0) is 26.3 Å². The molecule has 0 amide bonds. The van der Waals surface area contributed by atoms with E-state index in [-0.39, 0.29) is 0 Å². The highest BCUT2D eigenvalue weighted by atomic mass is 15.1. The van der Waals surface area contributed by atoms with Crippen LogP contribution in [-0.4, -0.2) is 16.5 Å². The molecule has 0 fully saturated rings. The van der Waals surface area contributed by atoms with Crippen LogP contribution in [0, 0.1) is 13.8 Å². The van der Waals surface area contributed by atoms with Crippen molar-refractivity contribution in [3.8, 4) is 0 Å². The van der Waals surface area contributed by atoms with Crippen LogP contribution in [0.4, 0.5) is 5.95 Å². The average molecular weight is 195 g/mol. The smallest absolute Gasteiger partial charge is 0.223 e. The lowest BCUT2D eigenvalue weighted by Gasteiger charge is -2.04. The molecule has 0 aliphatic carbocycles. The topological polar surface area (TPSA) is 37.8 Å². The number of hydrogen-bond donors (Lipinski definition) is 1. The van der Waals surface area contributed by atoms with Gasteiger partial charge >= 0.3 is 0 Å². The van der Waals surface area contributed by atoms with Crippen LogP contribution in [0.5, 0.6) is 0 Å². The van der Waals surface area contributed by atoms with Gasteiger partial charge in [-0.1, -0.05) is 20.8 Å². The van der Waals surface area contributed by atoms with Crippen LogP contribution in [0.3, 0.4) is 0 Å². The zero-order chi connectivity index (χ0) is 11.0. The molecule has 1 N–H and O–H groups in total. The lowest BCUT2D eigenvalue weighted by atomic mass is 10.3. The fourth-order valence-electron chi connectivity index (χ4n) is 1.04. The van der Waals surface area contributed by atoms with Crippen LogP contribution in [0.25, 0.3) is 0 Å². The van der Waals surface area contributed by atoms with Crippen molar-refractivity contribution in [1.82, 2.24) is 9.97 Å². The van der Waals surface area contributed by atoms with E-state index < -0.39 is 0 Å². The maximum absolute atomic E-state index is 4.25. The highest BCUT2D eigenvalue weighted by Gasteiger charge is 1.96. The molecule has 3 heteroatoms. The Labute approximate surface area is 87.0 Å². The Bertz CT molecular complexity index is 238. The van der Waals surface area contributed by atoms with E-state index in [2.05, 4.69) is 22.2 Å². The first kappa shape index (κ1) is 12.9. The normalized spacial score (nSPS) is 8.93. The van der Waals surface area contributed by atoms with Gasteiger partial charge in [0.2, 0.25) is 5.95 Å². The van der Waals surface area contributed by atoms with Crippen molar-refractivity contribution in [2.24, 2.45) is 0 Å². The van der Waals surface area contributed by atoms with E-state index >= 15 is 0 Å². The first-order valence-electron chi connectivity index (χ1n) is 5.28. The average Bonchev–Trinajstić information content (AvgIpc) is 2.16. The molecule has 0 saturated carbocycles. The summed E-state index contributed by atoms with van der Waals surface area (Å²) in [6, 6.07) is 1.97. The zero-order valence-corrected chi connectivity index (χ0v) is 9.89. The first-order chi connectivity index (χ1) is 6.72. The van der Waals surface area contributed by atoms with Crippen molar-refractivity contribution in [2.75, 3.05) is 11.9 Å². The fourth-order valence-corrected chi connectivity index (χ4v) is 1.04. The largest absolute Gasteiger partial charge is 0.354 e. The number of nitrogens with one attached hydrogen (secondary N) is 1. The molecule has 80 valence electrons. The standard InChI is InChI=1S/C9H15N3.C2H6/c1-4-5-10-9-11-7(2)6-8(3)12-9;1-2/h6H,4-5H2,1-3H3,(H,10,11,12);1-2H3. The Hall–Kier alpha value is -1.12. The molecule has 1 rings (SSSR count). The summed E-state index contributed by atoms with van der Waals surface area (Å²) in [6.07, 6.45) is 1.09. The lowest BCUT2D eigenvalue weighted by Crippen LogP contribution is -2.05. The Morgan fingerprint density at radius 1 is 1.14 bits per heavy atom. The van der Waals surface area contributed by atoms with Crippen molar-refractivity contribution >= 4 is 5.95 Å². The molecule has 1 aromatic heterocycles. The SMILES string of the molecule is CC.CCCNc1nc(C)cc(C)n1. The molecule has 0 unspecified atom stereocenters. The number of hydrogen-bond acceptors (Lipinski definition) is 3. The second-order valence-electron chi connectivity index (χ2n) is 2.90. The second kappa shape index (κ2) is 7.30. The number of nitrogens with zero attached hydrogens (tertiary/aromatic N) is 2. The maximum atomic E-state index is 4.25. The van der Waals surface area contributed by atoms with Gasteiger partial charge in [0.15, 0.2) is 0 Å². The molecule has 3 nitrogen and oxygen atoms in total. The number of rotatable bonds is 3. The van der Waals surface area contributed by atoms with Crippen molar-refractivity contribution in [3.05, 3.63) is 17.5 Å². The molecule has 0 aliphatic rings. The molecule has 0 aromatic carbocycles. The Kier molecular flexibility index (Phi) is 6.72. The molecule has 1 heterocycles. The van der Waals surface area contributed by atoms with Gasteiger partial charge in [-0.15, -0.1) is 0 Å². The molecular formula is C11H21N3. The fraction of sp³-hybridized carbons (Fsp3) is 0.636. The Morgan fingerprint density at radius 3 is 2.07 bits per heavy atom. The first-order valence-corrected chi connectivity index (χ1v) is 5.28. The summed E-state index contributed by atoms with van der Waals surface area (Å²) in [7, 11) is 0.